The highest BCUT2D eigenvalue weighted by Gasteiger charge is 2.19. The lowest BCUT2D eigenvalue weighted by molar-refractivity contribution is 0.372. The van der Waals surface area contributed by atoms with E-state index in [0.717, 1.165) is 12.0 Å². The second-order valence-corrected chi connectivity index (χ2v) is 6.47. The molecule has 0 amide bonds. The normalized spacial score (nSPS) is 24.7. The molecule has 0 saturated heterocycles. The maximum atomic E-state index is 3.86. The Morgan fingerprint density at radius 2 is 1.63 bits per heavy atom. The Balaban J connectivity index is 1.49. The summed E-state index contributed by atoms with van der Waals surface area (Å²) in [7, 11) is 0. The molecule has 2 aliphatic carbocycles. The van der Waals surface area contributed by atoms with Crippen molar-refractivity contribution >= 4 is 0 Å². The van der Waals surface area contributed by atoms with E-state index in [2.05, 4.69) is 29.6 Å². The van der Waals surface area contributed by atoms with E-state index >= 15 is 0 Å². The van der Waals surface area contributed by atoms with Crippen molar-refractivity contribution in [3.8, 4) is 0 Å². The van der Waals surface area contributed by atoms with Gasteiger partial charge in [-0.2, -0.15) is 0 Å². The summed E-state index contributed by atoms with van der Waals surface area (Å²) in [6.45, 7) is 1.26. The number of rotatable bonds is 3. The molecule has 0 aliphatic heterocycles. The van der Waals surface area contributed by atoms with E-state index in [-0.39, 0.29) is 0 Å². The molecule has 1 aromatic rings. The van der Waals surface area contributed by atoms with Gasteiger partial charge in [-0.25, -0.2) is 0 Å². The summed E-state index contributed by atoms with van der Waals surface area (Å²) in [5, 5.41) is 3.86. The fraction of sp³-hybridized carbons (Fsp3) is 0.667. The lowest BCUT2D eigenvalue weighted by atomic mass is 9.88. The molecule has 2 aliphatic rings. The molecule has 19 heavy (non-hydrogen) atoms. The van der Waals surface area contributed by atoms with Crippen LogP contribution in [-0.4, -0.2) is 12.6 Å². The van der Waals surface area contributed by atoms with Crippen LogP contribution in [0.15, 0.2) is 24.3 Å². The third-order valence-electron chi connectivity index (χ3n) is 5.02. The zero-order valence-electron chi connectivity index (χ0n) is 12.0. The zero-order chi connectivity index (χ0) is 12.9. The Bertz CT molecular complexity index is 390. The van der Waals surface area contributed by atoms with Gasteiger partial charge < -0.3 is 5.32 Å². The number of benzene rings is 1. The summed E-state index contributed by atoms with van der Waals surface area (Å²) in [5.74, 6) is 0.944. The van der Waals surface area contributed by atoms with Crippen LogP contribution in [0.4, 0.5) is 0 Å². The maximum absolute atomic E-state index is 3.86. The van der Waals surface area contributed by atoms with Gasteiger partial charge in [0.05, 0.1) is 0 Å². The summed E-state index contributed by atoms with van der Waals surface area (Å²) in [5.41, 5.74) is 3.15. The van der Waals surface area contributed by atoms with Crippen molar-refractivity contribution < 1.29 is 0 Å². The summed E-state index contributed by atoms with van der Waals surface area (Å²) >= 11 is 0. The minimum atomic E-state index is 0.721. The van der Waals surface area contributed by atoms with Gasteiger partial charge in [0.2, 0.25) is 0 Å². The molecule has 1 saturated carbocycles. The molecule has 1 N–H and O–H groups in total. The van der Waals surface area contributed by atoms with E-state index in [1.54, 1.807) is 11.1 Å². The van der Waals surface area contributed by atoms with Gasteiger partial charge in [-0.3, -0.25) is 0 Å². The Hall–Kier alpha value is -0.820. The van der Waals surface area contributed by atoms with Crippen LogP contribution in [0.25, 0.3) is 0 Å². The van der Waals surface area contributed by atoms with Crippen LogP contribution in [0, 0.1) is 5.92 Å². The van der Waals surface area contributed by atoms with E-state index in [1.165, 1.54) is 64.3 Å². The van der Waals surface area contributed by atoms with Crippen LogP contribution in [0.5, 0.6) is 0 Å². The first-order valence-corrected chi connectivity index (χ1v) is 8.22. The van der Waals surface area contributed by atoms with Gasteiger partial charge in [-0.1, -0.05) is 49.9 Å². The maximum Gasteiger partial charge on any atom is 0.0111 e. The quantitative estimate of drug-likeness (QED) is 0.804. The SMILES string of the molecule is c1ccc2c(c1)CCC(NCC1CCCCCC1)C2. The highest BCUT2D eigenvalue weighted by Crippen LogP contribution is 2.24. The van der Waals surface area contributed by atoms with Crippen LogP contribution < -0.4 is 5.32 Å². The van der Waals surface area contributed by atoms with Crippen LogP contribution in [0.2, 0.25) is 0 Å². The Labute approximate surface area is 117 Å². The van der Waals surface area contributed by atoms with E-state index in [9.17, 15) is 0 Å². The highest BCUT2D eigenvalue weighted by atomic mass is 14.9. The topological polar surface area (TPSA) is 12.0 Å². The van der Waals surface area contributed by atoms with Gasteiger partial charge in [-0.15, -0.1) is 0 Å². The molecule has 3 rings (SSSR count). The van der Waals surface area contributed by atoms with Crippen molar-refractivity contribution in [3.63, 3.8) is 0 Å². The molecule has 1 aromatic carbocycles. The average molecular weight is 257 g/mol. The molecule has 1 nitrogen and oxygen atoms in total. The summed E-state index contributed by atoms with van der Waals surface area (Å²) in [4.78, 5) is 0. The van der Waals surface area contributed by atoms with E-state index < -0.39 is 0 Å². The molecule has 104 valence electrons. The highest BCUT2D eigenvalue weighted by molar-refractivity contribution is 5.30. The average Bonchev–Trinajstić information content (AvgIpc) is 2.73. The first-order valence-electron chi connectivity index (χ1n) is 8.22. The number of hydrogen-bond donors (Lipinski definition) is 1. The molecule has 1 fully saturated rings. The number of fused-ring (bicyclic) bond motifs is 1. The largest absolute Gasteiger partial charge is 0.313 e. The molecule has 1 unspecified atom stereocenters. The van der Waals surface area contributed by atoms with Gasteiger partial charge in [0.1, 0.15) is 0 Å². The first-order chi connectivity index (χ1) is 9.42. The molecule has 0 radical (unpaired) electrons. The molecule has 0 heterocycles. The molecular formula is C18H27N. The Morgan fingerprint density at radius 1 is 0.895 bits per heavy atom. The van der Waals surface area contributed by atoms with Crippen molar-refractivity contribution in [1.29, 1.82) is 0 Å². The van der Waals surface area contributed by atoms with Crippen molar-refractivity contribution in [3.05, 3.63) is 35.4 Å². The second-order valence-electron chi connectivity index (χ2n) is 6.47. The smallest absolute Gasteiger partial charge is 0.0111 e. The number of nitrogens with one attached hydrogen (secondary N) is 1. The van der Waals surface area contributed by atoms with Gasteiger partial charge in [0, 0.05) is 6.04 Å². The van der Waals surface area contributed by atoms with Crippen molar-refractivity contribution in [2.45, 2.75) is 63.8 Å². The van der Waals surface area contributed by atoms with Crippen LogP contribution >= 0.6 is 0 Å². The van der Waals surface area contributed by atoms with E-state index in [0.29, 0.717) is 0 Å². The third kappa shape index (κ3) is 3.60. The van der Waals surface area contributed by atoms with E-state index in [4.69, 9.17) is 0 Å². The lowest BCUT2D eigenvalue weighted by Crippen LogP contribution is -2.37. The Morgan fingerprint density at radius 3 is 2.42 bits per heavy atom. The monoisotopic (exact) mass is 257 g/mol. The van der Waals surface area contributed by atoms with E-state index in [1.807, 2.05) is 0 Å². The molecule has 0 aromatic heterocycles. The predicted octanol–water partition coefficient (Wildman–Crippen LogP) is 4.10. The lowest BCUT2D eigenvalue weighted by Gasteiger charge is -2.27. The minimum Gasteiger partial charge on any atom is -0.313 e. The fourth-order valence-electron chi connectivity index (χ4n) is 3.77. The van der Waals surface area contributed by atoms with Gasteiger partial charge in [-0.05, 0) is 55.7 Å². The minimum absolute atomic E-state index is 0.721. The standard InChI is InChI=1S/C18H27N/c1-2-4-8-15(7-3-1)14-19-18-12-11-16-9-5-6-10-17(16)13-18/h5-6,9-10,15,18-19H,1-4,7-8,11-14H2. The Kier molecular flexibility index (Phi) is 4.55. The van der Waals surface area contributed by atoms with Crippen molar-refractivity contribution in [2.75, 3.05) is 6.54 Å². The van der Waals surface area contributed by atoms with Gasteiger partial charge in [0.15, 0.2) is 0 Å². The van der Waals surface area contributed by atoms with Crippen LogP contribution in [0.1, 0.15) is 56.1 Å². The zero-order valence-corrected chi connectivity index (χ0v) is 12.0. The predicted molar refractivity (Wildman–Crippen MR) is 81.4 cm³/mol. The summed E-state index contributed by atoms with van der Waals surface area (Å²) in [6.07, 6.45) is 12.6. The molecule has 1 atom stereocenters. The van der Waals surface area contributed by atoms with Gasteiger partial charge in [0.25, 0.3) is 0 Å². The van der Waals surface area contributed by atoms with Crippen molar-refractivity contribution in [1.82, 2.24) is 5.32 Å². The third-order valence-corrected chi connectivity index (χ3v) is 5.02. The number of hydrogen-bond acceptors (Lipinski definition) is 1. The second kappa shape index (κ2) is 6.56. The van der Waals surface area contributed by atoms with Crippen LogP contribution in [0.3, 0.4) is 0 Å². The molecule has 0 bridgehead atoms. The number of aryl methyl sites for hydroxylation is 1. The molecule has 0 spiro atoms. The first kappa shape index (κ1) is 13.2. The van der Waals surface area contributed by atoms with Crippen LogP contribution in [-0.2, 0) is 12.8 Å². The van der Waals surface area contributed by atoms with Gasteiger partial charge >= 0.3 is 0 Å². The summed E-state index contributed by atoms with van der Waals surface area (Å²) in [6, 6.07) is 9.70. The summed E-state index contributed by atoms with van der Waals surface area (Å²) < 4.78 is 0. The fourth-order valence-corrected chi connectivity index (χ4v) is 3.77. The molecular weight excluding hydrogens is 230 g/mol. The van der Waals surface area contributed by atoms with Crippen molar-refractivity contribution in [2.24, 2.45) is 5.92 Å². The molecule has 1 heteroatoms.